The zero-order valence-corrected chi connectivity index (χ0v) is 41.8. The van der Waals surface area contributed by atoms with Gasteiger partial charge in [0.15, 0.2) is 12.4 Å². The fraction of sp³-hybridized carbons (Fsp3) is 0.661. The van der Waals surface area contributed by atoms with E-state index < -0.39 is 24.3 Å². The van der Waals surface area contributed by atoms with Gasteiger partial charge in [0.1, 0.15) is 13.2 Å². The van der Waals surface area contributed by atoms with Crippen LogP contribution < -0.4 is 5.11 Å². The highest BCUT2D eigenvalue weighted by atomic mass is 16.7. The first-order valence-corrected chi connectivity index (χ1v) is 25.4. The van der Waals surface area contributed by atoms with E-state index in [4.69, 9.17) is 18.9 Å². The monoisotopic (exact) mass is 908 g/mol. The van der Waals surface area contributed by atoms with Gasteiger partial charge in [-0.2, -0.15) is 0 Å². The van der Waals surface area contributed by atoms with E-state index >= 15 is 0 Å². The highest BCUT2D eigenvalue weighted by molar-refractivity contribution is 5.70. The fourth-order valence-corrected chi connectivity index (χ4v) is 6.39. The predicted molar refractivity (Wildman–Crippen MR) is 269 cm³/mol. The molecule has 9 nitrogen and oxygen atoms in total. The van der Waals surface area contributed by atoms with Crippen LogP contribution in [0.1, 0.15) is 181 Å². The molecular weight excluding hydrogens is 815 g/mol. The van der Waals surface area contributed by atoms with Gasteiger partial charge in [0.25, 0.3) is 0 Å². The lowest BCUT2D eigenvalue weighted by atomic mass is 10.1. The number of carboxylic acids is 1. The standard InChI is InChI=1S/C56H93NO8/c1-6-8-10-12-14-16-18-20-22-24-26-27-29-30-32-34-36-38-40-42-44-46-53(58)63-50-52(51-64-56(55(60)61)62-49-48-57(3,4)5)65-54(59)47-45-43-41-39-37-35-33-31-28-25-23-21-19-17-15-13-11-9-7-2/h9,11,15,17-18,20-21,23-24,26,28-31,35,37,52,56H,6-8,10,12-14,16,19,22,25,27,32-34,36,38-51H2,1-5H3/b11-9-,17-15-,20-18-,23-21-,26-24-,30-29-,31-28-,37-35-. The number of nitrogens with zero attached hydrogens (tertiary/aromatic N) is 1. The Labute approximate surface area is 397 Å². The van der Waals surface area contributed by atoms with Gasteiger partial charge in [-0.15, -0.1) is 0 Å². The van der Waals surface area contributed by atoms with Crippen LogP contribution in [0.3, 0.4) is 0 Å². The summed E-state index contributed by atoms with van der Waals surface area (Å²) < 4.78 is 22.6. The maximum atomic E-state index is 12.8. The van der Waals surface area contributed by atoms with E-state index in [0.717, 1.165) is 103 Å². The van der Waals surface area contributed by atoms with E-state index in [1.165, 1.54) is 38.5 Å². The second-order valence-corrected chi connectivity index (χ2v) is 17.7. The van der Waals surface area contributed by atoms with E-state index in [1.54, 1.807) is 0 Å². The molecule has 0 heterocycles. The van der Waals surface area contributed by atoms with Crippen molar-refractivity contribution in [3.63, 3.8) is 0 Å². The summed E-state index contributed by atoms with van der Waals surface area (Å²) in [5, 5.41) is 11.7. The van der Waals surface area contributed by atoms with Crippen LogP contribution in [0, 0.1) is 0 Å². The summed E-state index contributed by atoms with van der Waals surface area (Å²) in [5.74, 6) is -2.36. The Morgan fingerprint density at radius 1 is 0.477 bits per heavy atom. The van der Waals surface area contributed by atoms with Crippen LogP contribution in [-0.2, 0) is 33.3 Å². The van der Waals surface area contributed by atoms with E-state index in [0.29, 0.717) is 23.9 Å². The number of ether oxygens (including phenoxy) is 4. The molecule has 0 saturated carbocycles. The Balaban J connectivity index is 4.47. The first-order chi connectivity index (χ1) is 31.6. The number of rotatable bonds is 45. The number of carbonyl (C=O) groups is 3. The lowest BCUT2D eigenvalue weighted by Gasteiger charge is -2.26. The highest BCUT2D eigenvalue weighted by Crippen LogP contribution is 2.12. The number of hydrogen-bond donors (Lipinski definition) is 0. The quantitative estimate of drug-likeness (QED) is 0.0195. The molecule has 0 aliphatic heterocycles. The molecular formula is C56H93NO8. The molecule has 0 radical (unpaired) electrons. The minimum atomic E-state index is -1.64. The number of allylic oxidation sites excluding steroid dienone is 16. The number of likely N-dealkylation sites (N-methyl/N-ethyl adjacent to an activating group) is 1. The van der Waals surface area contributed by atoms with Gasteiger partial charge in [-0.05, 0) is 96.3 Å². The molecule has 0 spiro atoms. The average Bonchev–Trinajstić information content (AvgIpc) is 3.27. The first-order valence-electron chi connectivity index (χ1n) is 25.4. The van der Waals surface area contributed by atoms with Gasteiger partial charge in [0.2, 0.25) is 0 Å². The molecule has 0 aliphatic carbocycles. The van der Waals surface area contributed by atoms with Crippen molar-refractivity contribution in [3.05, 3.63) is 97.2 Å². The molecule has 0 aromatic rings. The second-order valence-electron chi connectivity index (χ2n) is 17.7. The number of quaternary nitrogens is 1. The van der Waals surface area contributed by atoms with E-state index in [2.05, 4.69) is 111 Å². The van der Waals surface area contributed by atoms with Gasteiger partial charge >= 0.3 is 11.9 Å². The third kappa shape index (κ3) is 48.0. The molecule has 0 saturated heterocycles. The number of carbonyl (C=O) groups excluding carboxylic acids is 3. The summed E-state index contributed by atoms with van der Waals surface area (Å²) in [6.45, 7) is 4.54. The van der Waals surface area contributed by atoms with Crippen LogP contribution in [0.5, 0.6) is 0 Å². The predicted octanol–water partition coefficient (Wildman–Crippen LogP) is 12.9. The van der Waals surface area contributed by atoms with Crippen molar-refractivity contribution in [1.29, 1.82) is 0 Å². The second kappa shape index (κ2) is 46.7. The van der Waals surface area contributed by atoms with Crippen molar-refractivity contribution in [1.82, 2.24) is 0 Å². The van der Waals surface area contributed by atoms with Crippen LogP contribution in [0.2, 0.25) is 0 Å². The summed E-state index contributed by atoms with van der Waals surface area (Å²) in [4.78, 5) is 37.1. The highest BCUT2D eigenvalue weighted by Gasteiger charge is 2.21. The van der Waals surface area contributed by atoms with Gasteiger partial charge in [-0.3, -0.25) is 9.59 Å². The molecule has 2 atom stereocenters. The summed E-state index contributed by atoms with van der Waals surface area (Å²) in [7, 11) is 5.89. The first kappa shape index (κ1) is 61.2. The Bertz CT molecular complexity index is 1380. The molecule has 0 rings (SSSR count). The Morgan fingerprint density at radius 3 is 1.32 bits per heavy atom. The minimum Gasteiger partial charge on any atom is -0.545 e. The lowest BCUT2D eigenvalue weighted by Crippen LogP contribution is -2.44. The topological polar surface area (TPSA) is 111 Å². The smallest absolute Gasteiger partial charge is 0.306 e. The van der Waals surface area contributed by atoms with Crippen molar-refractivity contribution in [2.75, 3.05) is 47.5 Å². The van der Waals surface area contributed by atoms with E-state index in [1.807, 2.05) is 21.1 Å². The van der Waals surface area contributed by atoms with E-state index in [-0.39, 0.29) is 38.6 Å². The van der Waals surface area contributed by atoms with E-state index in [9.17, 15) is 19.5 Å². The van der Waals surface area contributed by atoms with Gasteiger partial charge in [0, 0.05) is 12.8 Å². The number of carboxylic acid groups (broad SMARTS) is 1. The van der Waals surface area contributed by atoms with Crippen LogP contribution in [0.4, 0.5) is 0 Å². The van der Waals surface area contributed by atoms with Gasteiger partial charge in [0.05, 0.1) is 40.3 Å². The largest absolute Gasteiger partial charge is 0.545 e. The molecule has 65 heavy (non-hydrogen) atoms. The minimum absolute atomic E-state index is 0.133. The molecule has 0 aromatic heterocycles. The van der Waals surface area contributed by atoms with Crippen molar-refractivity contribution in [2.24, 2.45) is 0 Å². The zero-order valence-electron chi connectivity index (χ0n) is 41.8. The Kier molecular flexibility index (Phi) is 44.0. The number of esters is 2. The van der Waals surface area contributed by atoms with Gasteiger partial charge in [-0.25, -0.2) is 0 Å². The summed E-state index contributed by atoms with van der Waals surface area (Å²) in [6, 6.07) is 0. The van der Waals surface area contributed by atoms with Gasteiger partial charge < -0.3 is 33.3 Å². The van der Waals surface area contributed by atoms with Crippen LogP contribution in [-0.4, -0.2) is 82.3 Å². The average molecular weight is 908 g/mol. The van der Waals surface area contributed by atoms with Crippen LogP contribution in [0.25, 0.3) is 0 Å². The molecule has 0 N–H and O–H groups in total. The summed E-state index contributed by atoms with van der Waals surface area (Å²) >= 11 is 0. The molecule has 0 bridgehead atoms. The van der Waals surface area contributed by atoms with Gasteiger partial charge in [-0.1, -0.05) is 169 Å². The van der Waals surface area contributed by atoms with Crippen molar-refractivity contribution in [2.45, 2.75) is 193 Å². The molecule has 9 heteroatoms. The number of aliphatic carboxylic acids is 1. The lowest BCUT2D eigenvalue weighted by molar-refractivity contribution is -0.870. The third-order valence-electron chi connectivity index (χ3n) is 10.3. The summed E-state index contributed by atoms with van der Waals surface area (Å²) in [5.41, 5.74) is 0. The molecule has 0 amide bonds. The number of hydrogen-bond acceptors (Lipinski definition) is 8. The van der Waals surface area contributed by atoms with Crippen LogP contribution >= 0.6 is 0 Å². The number of unbranched alkanes of at least 4 members (excludes halogenated alkanes) is 14. The molecule has 0 fully saturated rings. The van der Waals surface area contributed by atoms with Crippen molar-refractivity contribution in [3.8, 4) is 0 Å². The molecule has 2 unspecified atom stereocenters. The zero-order chi connectivity index (χ0) is 47.7. The molecule has 370 valence electrons. The summed E-state index contributed by atoms with van der Waals surface area (Å²) in [6.07, 6.45) is 58.7. The molecule has 0 aliphatic rings. The van der Waals surface area contributed by atoms with Crippen molar-refractivity contribution < 1.29 is 42.9 Å². The van der Waals surface area contributed by atoms with Crippen LogP contribution in [0.15, 0.2) is 97.2 Å². The SMILES string of the molecule is CC/C=C\C/C=C\C/C=C\C/C=C\C/C=C\CCCCCC(=O)OC(COC(=O)CCCCCCCC/C=C\C/C=C\C/C=C\CCCCCCC)COC(OCC[N+](C)(C)C)C(=O)[O-]. The molecule has 0 aromatic carbocycles. The Hall–Kier alpha value is -3.79. The normalized spacial score (nSPS) is 13.7. The fourth-order valence-electron chi connectivity index (χ4n) is 6.39. The maximum Gasteiger partial charge on any atom is 0.306 e. The third-order valence-corrected chi connectivity index (χ3v) is 10.3. The van der Waals surface area contributed by atoms with Crippen molar-refractivity contribution >= 4 is 17.9 Å². The Morgan fingerprint density at radius 2 is 0.877 bits per heavy atom. The maximum absolute atomic E-state index is 12.8.